The number of nitrogens with one attached hydrogen (secondary N) is 1. The zero-order valence-electron chi connectivity index (χ0n) is 17.3. The van der Waals surface area contributed by atoms with Gasteiger partial charge in [-0.3, -0.25) is 4.79 Å². The van der Waals surface area contributed by atoms with Gasteiger partial charge in [-0.1, -0.05) is 23.2 Å². The summed E-state index contributed by atoms with van der Waals surface area (Å²) in [5.74, 6) is -1.48. The molecule has 10 heteroatoms. The highest BCUT2D eigenvalue weighted by Crippen LogP contribution is 2.36. The number of halogens is 5. The normalized spacial score (nSPS) is 12.6. The molecule has 0 spiro atoms. The molecule has 3 rings (SSSR count). The number of carbonyl (C=O) groups is 2. The number of aryl methyl sites for hydroxylation is 2. The molecule has 1 N–H and O–H groups in total. The molecule has 1 amide bonds. The first-order valence-electron chi connectivity index (χ1n) is 9.52. The Kier molecular flexibility index (Phi) is 6.76. The molecule has 0 saturated heterocycles. The highest BCUT2D eigenvalue weighted by molar-refractivity contribution is 6.34. The van der Waals surface area contributed by atoms with Gasteiger partial charge in [-0.05, 0) is 61.4 Å². The molecule has 170 valence electrons. The standard InChI is InChI=1S/C22H19Cl2F3N2O3/c1-4-29-17-5-11(2)16(21(31)32-3)8-12(17)9-18(29)20(30)28-19(22(25,26)27)13-6-14(23)10-15(24)7-13/h5-10,19H,4H2,1-3H3,(H,28,30). The lowest BCUT2D eigenvalue weighted by Crippen LogP contribution is -2.38. The van der Waals surface area contributed by atoms with E-state index in [2.05, 4.69) is 0 Å². The van der Waals surface area contributed by atoms with Crippen molar-refractivity contribution in [2.45, 2.75) is 32.6 Å². The Hall–Kier alpha value is -2.71. The second-order valence-electron chi connectivity index (χ2n) is 7.14. The van der Waals surface area contributed by atoms with E-state index in [1.165, 1.54) is 19.2 Å². The quantitative estimate of drug-likeness (QED) is 0.443. The van der Waals surface area contributed by atoms with Crippen molar-refractivity contribution in [3.63, 3.8) is 0 Å². The van der Waals surface area contributed by atoms with Gasteiger partial charge in [-0.25, -0.2) is 4.79 Å². The Bertz CT molecular complexity index is 1190. The van der Waals surface area contributed by atoms with Crippen molar-refractivity contribution >= 4 is 46.0 Å². The van der Waals surface area contributed by atoms with Gasteiger partial charge < -0.3 is 14.6 Å². The minimum absolute atomic E-state index is 0.0180. The van der Waals surface area contributed by atoms with Crippen LogP contribution in [0.1, 0.15) is 44.9 Å². The molecule has 1 atom stereocenters. The molecule has 0 saturated carbocycles. The summed E-state index contributed by atoms with van der Waals surface area (Å²) < 4.78 is 47.8. The Labute approximate surface area is 192 Å². The number of rotatable bonds is 5. The Morgan fingerprint density at radius 3 is 2.25 bits per heavy atom. The summed E-state index contributed by atoms with van der Waals surface area (Å²) in [5.41, 5.74) is 1.27. The van der Waals surface area contributed by atoms with Crippen LogP contribution in [0.5, 0.6) is 0 Å². The Balaban J connectivity index is 2.06. The van der Waals surface area contributed by atoms with Crippen molar-refractivity contribution in [3.05, 3.63) is 68.8 Å². The number of aromatic nitrogens is 1. The lowest BCUT2D eigenvalue weighted by molar-refractivity contribution is -0.155. The molecule has 0 aliphatic heterocycles. The summed E-state index contributed by atoms with van der Waals surface area (Å²) >= 11 is 11.7. The van der Waals surface area contributed by atoms with Crippen LogP contribution >= 0.6 is 23.2 Å². The summed E-state index contributed by atoms with van der Waals surface area (Å²) in [7, 11) is 1.25. The predicted molar refractivity (Wildman–Crippen MR) is 116 cm³/mol. The van der Waals surface area contributed by atoms with E-state index < -0.39 is 24.1 Å². The maximum absolute atomic E-state index is 13.8. The first kappa shape index (κ1) is 23.9. The zero-order chi connectivity index (χ0) is 23.8. The average Bonchev–Trinajstić information content (AvgIpc) is 3.06. The van der Waals surface area contributed by atoms with Gasteiger partial charge in [0.05, 0.1) is 12.7 Å². The van der Waals surface area contributed by atoms with Crippen molar-refractivity contribution in [3.8, 4) is 0 Å². The third kappa shape index (κ3) is 4.71. The van der Waals surface area contributed by atoms with E-state index >= 15 is 0 Å². The minimum Gasteiger partial charge on any atom is -0.465 e. The van der Waals surface area contributed by atoms with Gasteiger partial charge in [0, 0.05) is 27.5 Å². The van der Waals surface area contributed by atoms with E-state index in [9.17, 15) is 22.8 Å². The number of fused-ring (bicyclic) bond motifs is 1. The van der Waals surface area contributed by atoms with Gasteiger partial charge in [-0.2, -0.15) is 13.2 Å². The van der Waals surface area contributed by atoms with Crippen molar-refractivity contribution in [1.29, 1.82) is 0 Å². The van der Waals surface area contributed by atoms with Crippen LogP contribution in [-0.4, -0.2) is 29.7 Å². The maximum atomic E-state index is 13.8. The minimum atomic E-state index is -4.79. The van der Waals surface area contributed by atoms with Gasteiger partial charge in [0.25, 0.3) is 5.91 Å². The molecule has 5 nitrogen and oxygen atoms in total. The molecule has 1 unspecified atom stereocenters. The van der Waals surface area contributed by atoms with E-state index in [0.29, 0.717) is 28.6 Å². The lowest BCUT2D eigenvalue weighted by atomic mass is 10.1. The zero-order valence-corrected chi connectivity index (χ0v) is 18.8. The van der Waals surface area contributed by atoms with Gasteiger partial charge >= 0.3 is 12.1 Å². The highest BCUT2D eigenvalue weighted by Gasteiger charge is 2.42. The van der Waals surface area contributed by atoms with Crippen molar-refractivity contribution < 1.29 is 27.5 Å². The van der Waals surface area contributed by atoms with Crippen LogP contribution in [0.2, 0.25) is 10.0 Å². The highest BCUT2D eigenvalue weighted by atomic mass is 35.5. The number of methoxy groups -OCH3 is 1. The molecule has 1 aromatic heterocycles. The van der Waals surface area contributed by atoms with Crippen molar-refractivity contribution in [2.75, 3.05) is 7.11 Å². The first-order chi connectivity index (χ1) is 15.0. The Morgan fingerprint density at radius 2 is 1.72 bits per heavy atom. The molecule has 2 aromatic carbocycles. The second-order valence-corrected chi connectivity index (χ2v) is 8.02. The number of hydrogen-bond donors (Lipinski definition) is 1. The summed E-state index contributed by atoms with van der Waals surface area (Å²) in [6.07, 6.45) is -4.79. The van der Waals surface area contributed by atoms with Gasteiger partial charge in [-0.15, -0.1) is 0 Å². The monoisotopic (exact) mass is 486 g/mol. The topological polar surface area (TPSA) is 60.3 Å². The summed E-state index contributed by atoms with van der Waals surface area (Å²) in [4.78, 5) is 25.0. The molecule has 0 radical (unpaired) electrons. The second kappa shape index (κ2) is 9.03. The molecule has 32 heavy (non-hydrogen) atoms. The summed E-state index contributed by atoms with van der Waals surface area (Å²) in [6.45, 7) is 3.79. The van der Waals surface area contributed by atoms with Crippen LogP contribution in [0.15, 0.2) is 36.4 Å². The van der Waals surface area contributed by atoms with E-state index in [0.717, 1.165) is 12.1 Å². The molecule has 0 aliphatic rings. The van der Waals surface area contributed by atoms with E-state index in [4.69, 9.17) is 27.9 Å². The fraction of sp³-hybridized carbons (Fsp3) is 0.273. The van der Waals surface area contributed by atoms with E-state index in [-0.39, 0.29) is 21.3 Å². The SMILES string of the molecule is CCn1c(C(=O)NC(c2cc(Cl)cc(Cl)c2)C(F)(F)F)cc2cc(C(=O)OC)c(C)cc21. The Morgan fingerprint density at radius 1 is 1.09 bits per heavy atom. The number of nitrogens with zero attached hydrogens (tertiary/aromatic N) is 1. The van der Waals surface area contributed by atoms with Crippen LogP contribution in [-0.2, 0) is 11.3 Å². The fourth-order valence-corrected chi connectivity index (χ4v) is 4.12. The molecule has 0 fully saturated rings. The number of alkyl halides is 3. The largest absolute Gasteiger partial charge is 0.465 e. The van der Waals surface area contributed by atoms with Gasteiger partial charge in [0.2, 0.25) is 0 Å². The predicted octanol–water partition coefficient (Wildman–Crippen LogP) is 6.10. The number of amides is 1. The van der Waals surface area contributed by atoms with Crippen LogP contribution in [0.3, 0.4) is 0 Å². The summed E-state index contributed by atoms with van der Waals surface area (Å²) in [6, 6.07) is 5.88. The molecule has 0 aliphatic carbocycles. The molecular weight excluding hydrogens is 468 g/mol. The van der Waals surface area contributed by atoms with Crippen molar-refractivity contribution in [2.24, 2.45) is 0 Å². The lowest BCUT2D eigenvalue weighted by Gasteiger charge is -2.23. The number of benzene rings is 2. The maximum Gasteiger partial charge on any atom is 0.412 e. The van der Waals surface area contributed by atoms with E-state index in [1.54, 1.807) is 30.5 Å². The average molecular weight is 487 g/mol. The van der Waals surface area contributed by atoms with E-state index in [1.807, 2.05) is 5.32 Å². The van der Waals surface area contributed by atoms with Crippen molar-refractivity contribution in [1.82, 2.24) is 9.88 Å². The van der Waals surface area contributed by atoms with Crippen LogP contribution in [0.25, 0.3) is 10.9 Å². The van der Waals surface area contributed by atoms with Crippen LogP contribution < -0.4 is 5.32 Å². The number of hydrogen-bond acceptors (Lipinski definition) is 3. The smallest absolute Gasteiger partial charge is 0.412 e. The number of carbonyl (C=O) groups excluding carboxylic acids is 2. The fourth-order valence-electron chi connectivity index (χ4n) is 3.57. The molecule has 3 aromatic rings. The van der Waals surface area contributed by atoms with Crippen LogP contribution in [0, 0.1) is 6.92 Å². The molecular formula is C22H19Cl2F3N2O3. The third-order valence-electron chi connectivity index (χ3n) is 5.02. The number of ether oxygens (including phenoxy) is 1. The first-order valence-corrected chi connectivity index (χ1v) is 10.3. The van der Waals surface area contributed by atoms with Gasteiger partial charge in [0.15, 0.2) is 6.04 Å². The number of esters is 1. The molecule has 0 bridgehead atoms. The summed E-state index contributed by atoms with van der Waals surface area (Å²) in [5, 5.41) is 2.61. The molecule has 1 heterocycles. The third-order valence-corrected chi connectivity index (χ3v) is 5.46. The van der Waals surface area contributed by atoms with Gasteiger partial charge in [0.1, 0.15) is 5.69 Å². The van der Waals surface area contributed by atoms with Crippen LogP contribution in [0.4, 0.5) is 13.2 Å².